The zero-order valence-corrected chi connectivity index (χ0v) is 15.7. The predicted molar refractivity (Wildman–Crippen MR) is 99.3 cm³/mol. The summed E-state index contributed by atoms with van der Waals surface area (Å²) in [6.45, 7) is 3.00. The lowest BCUT2D eigenvalue weighted by atomic mass is 10.0. The van der Waals surface area contributed by atoms with Crippen molar-refractivity contribution in [1.29, 1.82) is 0 Å². The van der Waals surface area contributed by atoms with E-state index in [-0.39, 0.29) is 23.3 Å². The third kappa shape index (κ3) is 4.68. The fraction of sp³-hybridized carbons (Fsp3) is 0.412. The Balaban J connectivity index is 2.06. The van der Waals surface area contributed by atoms with Crippen molar-refractivity contribution in [2.24, 2.45) is 0 Å². The largest absolute Gasteiger partial charge is 0.573 e. The topological polar surface area (TPSA) is 99.5 Å². The molecule has 1 aromatic heterocycles. The lowest BCUT2D eigenvalue weighted by molar-refractivity contribution is -0.274. The number of anilines is 3. The number of aryl methyl sites for hydroxylation is 1. The first kappa shape index (κ1) is 20.3. The van der Waals surface area contributed by atoms with Gasteiger partial charge in [0, 0.05) is 29.9 Å². The number of nitrogens with two attached hydrogens (primary N) is 2. The first-order valence-electron chi connectivity index (χ1n) is 8.44. The van der Waals surface area contributed by atoms with Gasteiger partial charge in [0.15, 0.2) is 5.75 Å². The summed E-state index contributed by atoms with van der Waals surface area (Å²) in [4.78, 5) is 10.2. The van der Waals surface area contributed by atoms with Crippen molar-refractivity contribution in [2.45, 2.75) is 25.7 Å². The van der Waals surface area contributed by atoms with E-state index in [1.807, 2.05) is 4.90 Å². The maximum Gasteiger partial charge on any atom is 0.573 e. The van der Waals surface area contributed by atoms with Crippen LogP contribution in [0.2, 0.25) is 5.02 Å². The lowest BCUT2D eigenvalue weighted by Gasteiger charge is -2.32. The molecule has 1 atom stereocenters. The number of benzene rings is 1. The molecule has 2 heterocycles. The molecule has 4 N–H and O–H groups in total. The number of nitrogens with zero attached hydrogens (tertiary/aromatic N) is 3. The monoisotopic (exact) mass is 417 g/mol. The molecule has 3 rings (SSSR count). The van der Waals surface area contributed by atoms with Gasteiger partial charge in [-0.3, -0.25) is 0 Å². The molecule has 1 unspecified atom stereocenters. The number of halogens is 4. The Morgan fingerprint density at radius 1 is 1.25 bits per heavy atom. The summed E-state index contributed by atoms with van der Waals surface area (Å²) < 4.78 is 47.8. The van der Waals surface area contributed by atoms with Crippen LogP contribution in [0.15, 0.2) is 18.2 Å². The first-order chi connectivity index (χ1) is 13.1. The van der Waals surface area contributed by atoms with Crippen molar-refractivity contribution in [2.75, 3.05) is 36.1 Å². The van der Waals surface area contributed by atoms with Crippen molar-refractivity contribution >= 4 is 29.1 Å². The number of hydrogen-bond acceptors (Lipinski definition) is 7. The maximum absolute atomic E-state index is 12.7. The molecule has 1 aliphatic rings. The second-order valence-corrected chi connectivity index (χ2v) is 6.73. The number of hydrogen-bond donors (Lipinski definition) is 2. The van der Waals surface area contributed by atoms with E-state index < -0.39 is 18.2 Å². The molecule has 7 nitrogen and oxygen atoms in total. The third-order valence-corrected chi connectivity index (χ3v) is 4.53. The lowest BCUT2D eigenvalue weighted by Crippen LogP contribution is -2.32. The van der Waals surface area contributed by atoms with Crippen LogP contribution < -0.4 is 21.1 Å². The van der Waals surface area contributed by atoms with Gasteiger partial charge >= 0.3 is 6.36 Å². The zero-order valence-electron chi connectivity index (χ0n) is 15.0. The quantitative estimate of drug-likeness (QED) is 0.737. The number of nitrogen functional groups attached to an aromatic ring is 2. The molecule has 0 spiro atoms. The molecular formula is C17H19ClF3N5O2. The van der Waals surface area contributed by atoms with Gasteiger partial charge in [-0.2, -0.15) is 4.98 Å². The summed E-state index contributed by atoms with van der Waals surface area (Å²) >= 11 is 6.32. The Morgan fingerprint density at radius 2 is 2.00 bits per heavy atom. The Morgan fingerprint density at radius 3 is 2.68 bits per heavy atom. The SMILES string of the molecule is Cc1cc(N2CCCOCC2c2cc(OC(F)(F)F)c(N)cc2Cl)nc(N)n1. The number of aromatic nitrogens is 2. The van der Waals surface area contributed by atoms with E-state index >= 15 is 0 Å². The Bertz CT molecular complexity index is 845. The van der Waals surface area contributed by atoms with E-state index in [0.717, 1.165) is 0 Å². The van der Waals surface area contributed by atoms with Crippen molar-refractivity contribution in [3.8, 4) is 5.75 Å². The van der Waals surface area contributed by atoms with Crippen LogP contribution in [0.1, 0.15) is 23.7 Å². The summed E-state index contributed by atoms with van der Waals surface area (Å²) in [5.41, 5.74) is 12.2. The molecular weight excluding hydrogens is 399 g/mol. The van der Waals surface area contributed by atoms with Crippen molar-refractivity contribution in [1.82, 2.24) is 9.97 Å². The smallest absolute Gasteiger partial charge is 0.404 e. The van der Waals surface area contributed by atoms with Gasteiger partial charge in [-0.25, -0.2) is 4.98 Å². The van der Waals surface area contributed by atoms with Crippen molar-refractivity contribution < 1.29 is 22.6 Å². The van der Waals surface area contributed by atoms with Gasteiger partial charge in [0.2, 0.25) is 5.95 Å². The molecule has 1 aliphatic heterocycles. The van der Waals surface area contributed by atoms with E-state index in [9.17, 15) is 13.2 Å². The Kier molecular flexibility index (Phi) is 5.71. The summed E-state index contributed by atoms with van der Waals surface area (Å²) in [6, 6.07) is 3.66. The van der Waals surface area contributed by atoms with Gasteiger partial charge in [-0.05, 0) is 31.0 Å². The summed E-state index contributed by atoms with van der Waals surface area (Å²) in [5.74, 6) is 0.115. The second-order valence-electron chi connectivity index (χ2n) is 6.32. The minimum atomic E-state index is -4.88. The molecule has 0 aliphatic carbocycles. The highest BCUT2D eigenvalue weighted by molar-refractivity contribution is 6.31. The highest BCUT2D eigenvalue weighted by Gasteiger charge is 2.34. The zero-order chi connectivity index (χ0) is 20.5. The minimum absolute atomic E-state index is 0.100. The van der Waals surface area contributed by atoms with Gasteiger partial charge in [0.05, 0.1) is 18.3 Å². The minimum Gasteiger partial charge on any atom is -0.404 e. The molecule has 0 saturated carbocycles. The molecule has 152 valence electrons. The molecule has 1 saturated heterocycles. The number of alkyl halides is 3. The van der Waals surface area contributed by atoms with Gasteiger partial charge in [0.25, 0.3) is 0 Å². The summed E-state index contributed by atoms with van der Waals surface area (Å²) in [6.07, 6.45) is -4.19. The average molecular weight is 418 g/mol. The number of ether oxygens (including phenoxy) is 2. The van der Waals surface area contributed by atoms with Crippen LogP contribution in [0.25, 0.3) is 0 Å². The van der Waals surface area contributed by atoms with Crippen LogP contribution in [0.3, 0.4) is 0 Å². The molecule has 11 heteroatoms. The van der Waals surface area contributed by atoms with E-state index in [4.69, 9.17) is 27.8 Å². The highest BCUT2D eigenvalue weighted by Crippen LogP contribution is 2.39. The van der Waals surface area contributed by atoms with Crippen LogP contribution in [-0.4, -0.2) is 36.1 Å². The fourth-order valence-electron chi connectivity index (χ4n) is 3.08. The standard InChI is InChI=1S/C17H19ClF3N5O2/c1-9-5-15(25-16(23)24-9)26-3-2-4-27-8-13(26)10-6-14(28-17(19,20)21)12(22)7-11(10)18/h5-7,13H,2-4,8,22H2,1H3,(H2,23,24,25). The van der Waals surface area contributed by atoms with E-state index in [1.54, 1.807) is 13.0 Å². The maximum atomic E-state index is 12.7. The van der Waals surface area contributed by atoms with Gasteiger partial charge in [-0.15, -0.1) is 13.2 Å². The molecule has 0 amide bonds. The summed E-state index contributed by atoms with van der Waals surface area (Å²) in [5, 5.41) is 0.200. The highest BCUT2D eigenvalue weighted by atomic mass is 35.5. The van der Waals surface area contributed by atoms with Crippen LogP contribution >= 0.6 is 11.6 Å². The predicted octanol–water partition coefficient (Wildman–Crippen LogP) is 3.47. The Labute approximate surface area is 164 Å². The number of rotatable bonds is 3. The van der Waals surface area contributed by atoms with E-state index in [0.29, 0.717) is 36.6 Å². The fourth-order valence-corrected chi connectivity index (χ4v) is 3.38. The van der Waals surface area contributed by atoms with Gasteiger partial charge in [0.1, 0.15) is 5.82 Å². The molecule has 1 fully saturated rings. The molecule has 0 bridgehead atoms. The van der Waals surface area contributed by atoms with E-state index in [2.05, 4.69) is 14.7 Å². The first-order valence-corrected chi connectivity index (χ1v) is 8.82. The molecule has 0 radical (unpaired) electrons. The van der Waals surface area contributed by atoms with Crippen molar-refractivity contribution in [3.63, 3.8) is 0 Å². The second kappa shape index (κ2) is 7.88. The third-order valence-electron chi connectivity index (χ3n) is 4.21. The van der Waals surface area contributed by atoms with Crippen LogP contribution in [0.5, 0.6) is 5.75 Å². The molecule has 28 heavy (non-hydrogen) atoms. The van der Waals surface area contributed by atoms with Crippen molar-refractivity contribution in [3.05, 3.63) is 34.5 Å². The van der Waals surface area contributed by atoms with Gasteiger partial charge < -0.3 is 25.8 Å². The molecule has 1 aromatic carbocycles. The Hall–Kier alpha value is -2.46. The molecule has 2 aromatic rings. The van der Waals surface area contributed by atoms with Crippen LogP contribution in [-0.2, 0) is 4.74 Å². The van der Waals surface area contributed by atoms with Crippen LogP contribution in [0.4, 0.5) is 30.6 Å². The average Bonchev–Trinajstić information content (AvgIpc) is 2.81. The van der Waals surface area contributed by atoms with E-state index in [1.165, 1.54) is 12.1 Å². The van der Waals surface area contributed by atoms with Crippen LogP contribution in [0, 0.1) is 6.92 Å². The van der Waals surface area contributed by atoms with Gasteiger partial charge in [-0.1, -0.05) is 11.6 Å². The summed E-state index contributed by atoms with van der Waals surface area (Å²) in [7, 11) is 0. The normalized spacial score (nSPS) is 18.0.